The lowest BCUT2D eigenvalue weighted by molar-refractivity contribution is -0.143. The maximum Gasteiger partial charge on any atom is 0.389 e. The van der Waals surface area contributed by atoms with Gasteiger partial charge in [-0.25, -0.2) is 0 Å². The van der Waals surface area contributed by atoms with Gasteiger partial charge in [0.2, 0.25) is 0 Å². The van der Waals surface area contributed by atoms with Crippen molar-refractivity contribution >= 4 is 5.97 Å². The van der Waals surface area contributed by atoms with E-state index in [9.17, 15) is 18.0 Å². The summed E-state index contributed by atoms with van der Waals surface area (Å²) in [5.41, 5.74) is 0. The second kappa shape index (κ2) is 6.41. The Morgan fingerprint density at radius 2 is 2.17 bits per heavy atom. The van der Waals surface area contributed by atoms with Crippen LogP contribution in [0.4, 0.5) is 13.2 Å². The quantitative estimate of drug-likeness (QED) is 0.832. The van der Waals surface area contributed by atoms with Crippen molar-refractivity contribution in [2.75, 3.05) is 13.1 Å². The first-order valence-electron chi connectivity index (χ1n) is 6.33. The molecular weight excluding hydrogens is 247 g/mol. The number of alkyl halides is 3. The predicted octanol–water partition coefficient (Wildman–Crippen LogP) is 2.90. The Bertz CT molecular complexity index is 281. The van der Waals surface area contributed by atoms with E-state index < -0.39 is 18.6 Å². The molecule has 1 aliphatic heterocycles. The van der Waals surface area contributed by atoms with Crippen LogP contribution in [-0.4, -0.2) is 41.3 Å². The van der Waals surface area contributed by atoms with E-state index in [1.165, 1.54) is 0 Å². The summed E-state index contributed by atoms with van der Waals surface area (Å²) in [5.74, 6) is -1.17. The molecule has 106 valence electrons. The molecule has 1 rings (SSSR count). The summed E-state index contributed by atoms with van der Waals surface area (Å²) in [6, 6.07) is 0.0227. The molecule has 2 unspecified atom stereocenters. The molecule has 0 aliphatic carbocycles. The Morgan fingerprint density at radius 3 is 2.72 bits per heavy atom. The summed E-state index contributed by atoms with van der Waals surface area (Å²) in [6.07, 6.45) is -2.80. The molecule has 1 heterocycles. The Morgan fingerprint density at radius 1 is 1.50 bits per heavy atom. The van der Waals surface area contributed by atoms with Crippen LogP contribution in [0.5, 0.6) is 0 Å². The third-order valence-electron chi connectivity index (χ3n) is 3.51. The normalized spacial score (nSPS) is 23.9. The number of hydrogen-bond acceptors (Lipinski definition) is 2. The van der Waals surface area contributed by atoms with Gasteiger partial charge in [0.25, 0.3) is 0 Å². The molecule has 0 spiro atoms. The number of hydrogen-bond donors (Lipinski definition) is 1. The number of piperidine rings is 1. The van der Waals surface area contributed by atoms with E-state index in [1.807, 2.05) is 11.8 Å². The summed E-state index contributed by atoms with van der Waals surface area (Å²) in [4.78, 5) is 12.9. The zero-order valence-electron chi connectivity index (χ0n) is 10.5. The molecule has 0 saturated carbocycles. The molecule has 1 aliphatic rings. The van der Waals surface area contributed by atoms with E-state index in [-0.39, 0.29) is 18.4 Å². The molecule has 1 N–H and O–H groups in total. The fourth-order valence-electron chi connectivity index (χ4n) is 2.39. The third kappa shape index (κ3) is 5.25. The van der Waals surface area contributed by atoms with Crippen LogP contribution in [0.15, 0.2) is 0 Å². The summed E-state index contributed by atoms with van der Waals surface area (Å²) in [6.45, 7) is 3.13. The lowest BCUT2D eigenvalue weighted by atomic mass is 9.96. The zero-order chi connectivity index (χ0) is 13.8. The van der Waals surface area contributed by atoms with Gasteiger partial charge in [-0.2, -0.15) is 13.2 Å². The molecule has 0 bridgehead atoms. The minimum absolute atomic E-state index is 0.0227. The van der Waals surface area contributed by atoms with Crippen molar-refractivity contribution in [3.05, 3.63) is 0 Å². The summed E-state index contributed by atoms with van der Waals surface area (Å²) >= 11 is 0. The number of likely N-dealkylation sites (tertiary alicyclic amines) is 1. The van der Waals surface area contributed by atoms with Gasteiger partial charge in [0.15, 0.2) is 0 Å². The molecule has 0 radical (unpaired) electrons. The van der Waals surface area contributed by atoms with Gasteiger partial charge in [0.05, 0.1) is 5.92 Å². The van der Waals surface area contributed by atoms with Crippen molar-refractivity contribution < 1.29 is 23.1 Å². The molecule has 18 heavy (non-hydrogen) atoms. The third-order valence-corrected chi connectivity index (χ3v) is 3.51. The number of rotatable bonds is 5. The minimum Gasteiger partial charge on any atom is -0.481 e. The molecule has 0 amide bonds. The highest BCUT2D eigenvalue weighted by Gasteiger charge is 2.29. The highest BCUT2D eigenvalue weighted by Crippen LogP contribution is 2.25. The lowest BCUT2D eigenvalue weighted by Gasteiger charge is -2.35. The van der Waals surface area contributed by atoms with Crippen molar-refractivity contribution in [1.29, 1.82) is 0 Å². The molecule has 3 nitrogen and oxygen atoms in total. The molecule has 0 aromatic carbocycles. The molecule has 0 aromatic rings. The van der Waals surface area contributed by atoms with Crippen LogP contribution >= 0.6 is 0 Å². The minimum atomic E-state index is -4.09. The van der Waals surface area contributed by atoms with E-state index in [4.69, 9.17) is 5.11 Å². The molecular formula is C12H20F3NO2. The van der Waals surface area contributed by atoms with Crippen molar-refractivity contribution in [2.45, 2.75) is 51.2 Å². The monoisotopic (exact) mass is 267 g/mol. The smallest absolute Gasteiger partial charge is 0.389 e. The standard InChI is InChI=1S/C12H20F3NO2/c1-9(4-2-6-12(13,14)15)16-7-3-5-10(8-16)11(17)18/h9-10H,2-8H2,1H3,(H,17,18). The van der Waals surface area contributed by atoms with Crippen LogP contribution < -0.4 is 0 Å². The lowest BCUT2D eigenvalue weighted by Crippen LogP contribution is -2.43. The summed E-state index contributed by atoms with van der Waals surface area (Å²) < 4.78 is 36.1. The fourth-order valence-corrected chi connectivity index (χ4v) is 2.39. The van der Waals surface area contributed by atoms with Crippen LogP contribution in [0.1, 0.15) is 39.0 Å². The SMILES string of the molecule is CC(CCCC(F)(F)F)N1CCCC(C(=O)O)C1. The number of carbonyl (C=O) groups is 1. The highest BCUT2D eigenvalue weighted by molar-refractivity contribution is 5.70. The van der Waals surface area contributed by atoms with Crippen molar-refractivity contribution in [3.8, 4) is 0 Å². The Hall–Kier alpha value is -0.780. The molecule has 2 atom stereocenters. The summed E-state index contributed by atoms with van der Waals surface area (Å²) in [5, 5.41) is 8.95. The number of aliphatic carboxylic acids is 1. The molecule has 1 saturated heterocycles. The largest absolute Gasteiger partial charge is 0.481 e. The highest BCUT2D eigenvalue weighted by atomic mass is 19.4. The number of carboxylic acid groups (broad SMARTS) is 1. The number of carboxylic acids is 1. The first-order valence-corrected chi connectivity index (χ1v) is 6.33. The predicted molar refractivity (Wildman–Crippen MR) is 61.3 cm³/mol. The van der Waals surface area contributed by atoms with Gasteiger partial charge in [-0.05, 0) is 39.2 Å². The average molecular weight is 267 g/mol. The second-order valence-corrected chi connectivity index (χ2v) is 5.03. The topological polar surface area (TPSA) is 40.5 Å². The second-order valence-electron chi connectivity index (χ2n) is 5.03. The Kier molecular flexibility index (Phi) is 5.44. The van der Waals surface area contributed by atoms with Gasteiger partial charge in [-0.3, -0.25) is 9.69 Å². The summed E-state index contributed by atoms with van der Waals surface area (Å²) in [7, 11) is 0. The van der Waals surface area contributed by atoms with E-state index >= 15 is 0 Å². The first kappa shape index (κ1) is 15.3. The number of halogens is 3. The van der Waals surface area contributed by atoms with Gasteiger partial charge in [-0.15, -0.1) is 0 Å². The Labute approximate surface area is 105 Å². The van der Waals surface area contributed by atoms with E-state index in [1.54, 1.807) is 0 Å². The van der Waals surface area contributed by atoms with Gasteiger partial charge < -0.3 is 5.11 Å². The zero-order valence-corrected chi connectivity index (χ0v) is 10.5. The van der Waals surface area contributed by atoms with Crippen LogP contribution in [0, 0.1) is 5.92 Å². The van der Waals surface area contributed by atoms with Gasteiger partial charge in [0.1, 0.15) is 0 Å². The van der Waals surface area contributed by atoms with E-state index in [0.717, 1.165) is 13.0 Å². The van der Waals surface area contributed by atoms with Gasteiger partial charge in [-0.1, -0.05) is 0 Å². The number of nitrogens with zero attached hydrogens (tertiary/aromatic N) is 1. The van der Waals surface area contributed by atoms with Gasteiger partial charge in [0, 0.05) is 19.0 Å². The van der Waals surface area contributed by atoms with E-state index in [2.05, 4.69) is 0 Å². The molecule has 0 aromatic heterocycles. The van der Waals surface area contributed by atoms with Crippen LogP contribution in [0.3, 0.4) is 0 Å². The molecule has 1 fully saturated rings. The van der Waals surface area contributed by atoms with Crippen LogP contribution in [0.25, 0.3) is 0 Å². The maximum atomic E-state index is 12.0. The van der Waals surface area contributed by atoms with Crippen molar-refractivity contribution in [2.24, 2.45) is 5.92 Å². The maximum absolute atomic E-state index is 12.0. The van der Waals surface area contributed by atoms with E-state index in [0.29, 0.717) is 19.4 Å². The van der Waals surface area contributed by atoms with Crippen molar-refractivity contribution in [1.82, 2.24) is 4.90 Å². The van der Waals surface area contributed by atoms with Crippen molar-refractivity contribution in [3.63, 3.8) is 0 Å². The van der Waals surface area contributed by atoms with Crippen LogP contribution in [0.2, 0.25) is 0 Å². The van der Waals surface area contributed by atoms with Gasteiger partial charge >= 0.3 is 12.1 Å². The van der Waals surface area contributed by atoms with Crippen LogP contribution in [-0.2, 0) is 4.79 Å². The molecule has 6 heteroatoms. The first-order chi connectivity index (χ1) is 8.29. The fraction of sp³-hybridized carbons (Fsp3) is 0.917. The average Bonchev–Trinajstić information content (AvgIpc) is 2.27. The Balaban J connectivity index is 2.32.